The molecule has 0 fully saturated rings. The SMILES string of the molecule is CC=Cc1cc(C(=O)N(C)CC(=O)Nc2ccc(F)cc2)cc(OC)c1OC. The summed E-state index contributed by atoms with van der Waals surface area (Å²) in [6.45, 7) is 1.69. The van der Waals surface area contributed by atoms with Gasteiger partial charge in [0.15, 0.2) is 11.5 Å². The Morgan fingerprint density at radius 1 is 1.14 bits per heavy atom. The second-order valence-electron chi connectivity index (χ2n) is 6.02. The molecule has 2 aromatic rings. The Bertz CT molecular complexity index is 879. The van der Waals surface area contributed by atoms with Crippen molar-refractivity contribution in [3.63, 3.8) is 0 Å². The highest BCUT2D eigenvalue weighted by Gasteiger charge is 2.19. The van der Waals surface area contributed by atoms with E-state index in [0.29, 0.717) is 28.3 Å². The summed E-state index contributed by atoms with van der Waals surface area (Å²) in [7, 11) is 4.54. The standard InChI is InChI=1S/C21H23FN2O4/c1-5-6-14-11-15(12-18(27-3)20(14)28-4)21(26)24(2)13-19(25)23-17-9-7-16(22)8-10-17/h5-12H,13H2,1-4H3,(H,23,25). The summed E-state index contributed by atoms with van der Waals surface area (Å²) >= 11 is 0. The van der Waals surface area contributed by atoms with Crippen LogP contribution in [0.3, 0.4) is 0 Å². The van der Waals surface area contributed by atoms with Crippen LogP contribution in [0.2, 0.25) is 0 Å². The van der Waals surface area contributed by atoms with Crippen molar-refractivity contribution in [2.24, 2.45) is 0 Å². The highest BCUT2D eigenvalue weighted by Crippen LogP contribution is 2.33. The van der Waals surface area contributed by atoms with E-state index in [1.807, 2.05) is 13.0 Å². The zero-order valence-electron chi connectivity index (χ0n) is 16.3. The summed E-state index contributed by atoms with van der Waals surface area (Å²) in [6, 6.07) is 8.65. The van der Waals surface area contributed by atoms with E-state index in [4.69, 9.17) is 9.47 Å². The third-order valence-electron chi connectivity index (χ3n) is 3.96. The first-order valence-electron chi connectivity index (χ1n) is 8.59. The van der Waals surface area contributed by atoms with Crippen LogP contribution in [-0.2, 0) is 4.79 Å². The van der Waals surface area contributed by atoms with Crippen molar-refractivity contribution >= 4 is 23.6 Å². The number of ether oxygens (including phenoxy) is 2. The number of nitrogens with one attached hydrogen (secondary N) is 1. The molecule has 2 rings (SSSR count). The Hall–Kier alpha value is -3.35. The molecule has 0 aliphatic heterocycles. The van der Waals surface area contributed by atoms with Crippen LogP contribution in [0, 0.1) is 5.82 Å². The van der Waals surface area contributed by atoms with Crippen molar-refractivity contribution in [3.05, 3.63) is 59.4 Å². The summed E-state index contributed by atoms with van der Waals surface area (Å²) in [6.07, 6.45) is 3.63. The highest BCUT2D eigenvalue weighted by atomic mass is 19.1. The maximum Gasteiger partial charge on any atom is 0.254 e. The molecule has 6 nitrogen and oxygen atoms in total. The van der Waals surface area contributed by atoms with E-state index in [1.54, 1.807) is 18.2 Å². The lowest BCUT2D eigenvalue weighted by atomic mass is 10.1. The van der Waals surface area contributed by atoms with Gasteiger partial charge in [0.2, 0.25) is 5.91 Å². The fourth-order valence-electron chi connectivity index (χ4n) is 2.66. The van der Waals surface area contributed by atoms with Gasteiger partial charge in [-0.05, 0) is 43.3 Å². The molecule has 0 saturated carbocycles. The first kappa shape index (κ1) is 21.0. The van der Waals surface area contributed by atoms with Gasteiger partial charge in [0.1, 0.15) is 5.82 Å². The smallest absolute Gasteiger partial charge is 0.254 e. The van der Waals surface area contributed by atoms with Crippen LogP contribution in [0.25, 0.3) is 6.08 Å². The van der Waals surface area contributed by atoms with E-state index >= 15 is 0 Å². The molecule has 0 bridgehead atoms. The Labute approximate surface area is 163 Å². The molecule has 0 heterocycles. The second kappa shape index (κ2) is 9.55. The van der Waals surface area contributed by atoms with Crippen LogP contribution in [0.4, 0.5) is 10.1 Å². The lowest BCUT2D eigenvalue weighted by Crippen LogP contribution is -2.35. The number of hydrogen-bond donors (Lipinski definition) is 1. The Morgan fingerprint density at radius 2 is 1.82 bits per heavy atom. The third kappa shape index (κ3) is 5.09. The Balaban J connectivity index is 2.16. The number of benzene rings is 2. The lowest BCUT2D eigenvalue weighted by molar-refractivity contribution is -0.116. The predicted octanol–water partition coefficient (Wildman–Crippen LogP) is 3.59. The topological polar surface area (TPSA) is 67.9 Å². The molecule has 2 amide bonds. The normalized spacial score (nSPS) is 10.6. The maximum atomic E-state index is 12.9. The number of nitrogens with zero attached hydrogens (tertiary/aromatic N) is 1. The van der Waals surface area contributed by atoms with Gasteiger partial charge in [-0.2, -0.15) is 0 Å². The lowest BCUT2D eigenvalue weighted by Gasteiger charge is -2.19. The number of carbonyl (C=O) groups excluding carboxylic acids is 2. The van der Waals surface area contributed by atoms with E-state index in [9.17, 15) is 14.0 Å². The fourth-order valence-corrected chi connectivity index (χ4v) is 2.66. The van der Waals surface area contributed by atoms with Gasteiger partial charge in [-0.15, -0.1) is 0 Å². The molecule has 0 atom stereocenters. The molecule has 0 aliphatic carbocycles. The zero-order chi connectivity index (χ0) is 20.7. The summed E-state index contributed by atoms with van der Waals surface area (Å²) in [5, 5.41) is 2.62. The molecule has 2 aromatic carbocycles. The van der Waals surface area contributed by atoms with E-state index in [2.05, 4.69) is 5.32 Å². The van der Waals surface area contributed by atoms with Crippen LogP contribution in [0.1, 0.15) is 22.8 Å². The average molecular weight is 386 g/mol. The molecular formula is C21H23FN2O4. The minimum Gasteiger partial charge on any atom is -0.493 e. The Kier molecular flexibility index (Phi) is 7.14. The predicted molar refractivity (Wildman–Crippen MR) is 106 cm³/mol. The van der Waals surface area contributed by atoms with E-state index < -0.39 is 11.7 Å². The molecule has 0 aromatic heterocycles. The average Bonchev–Trinajstić information content (AvgIpc) is 2.68. The molecule has 28 heavy (non-hydrogen) atoms. The van der Waals surface area contributed by atoms with Crippen LogP contribution >= 0.6 is 0 Å². The van der Waals surface area contributed by atoms with Gasteiger partial charge in [-0.25, -0.2) is 4.39 Å². The number of halogens is 1. The molecular weight excluding hydrogens is 363 g/mol. The highest BCUT2D eigenvalue weighted by molar-refractivity contribution is 6.00. The fraction of sp³-hybridized carbons (Fsp3) is 0.238. The quantitative estimate of drug-likeness (QED) is 0.790. The largest absolute Gasteiger partial charge is 0.493 e. The summed E-state index contributed by atoms with van der Waals surface area (Å²) in [4.78, 5) is 26.3. The molecule has 0 saturated heterocycles. The van der Waals surface area contributed by atoms with E-state index in [-0.39, 0.29) is 12.5 Å². The monoisotopic (exact) mass is 386 g/mol. The minimum atomic E-state index is -0.393. The van der Waals surface area contributed by atoms with Crippen LogP contribution in [0.5, 0.6) is 11.5 Å². The molecule has 1 N–H and O–H groups in total. The minimum absolute atomic E-state index is 0.163. The number of rotatable bonds is 7. The van der Waals surface area contributed by atoms with Gasteiger partial charge in [-0.3, -0.25) is 9.59 Å². The van der Waals surface area contributed by atoms with Crippen molar-refractivity contribution in [1.82, 2.24) is 4.90 Å². The summed E-state index contributed by atoms with van der Waals surface area (Å²) < 4.78 is 23.6. The van der Waals surface area contributed by atoms with Gasteiger partial charge >= 0.3 is 0 Å². The molecule has 0 aliphatic rings. The number of anilines is 1. The van der Waals surface area contributed by atoms with Crippen molar-refractivity contribution < 1.29 is 23.5 Å². The third-order valence-corrected chi connectivity index (χ3v) is 3.96. The first-order valence-corrected chi connectivity index (χ1v) is 8.59. The number of amides is 2. The van der Waals surface area contributed by atoms with Crippen LogP contribution < -0.4 is 14.8 Å². The number of carbonyl (C=O) groups is 2. The van der Waals surface area contributed by atoms with Gasteiger partial charge < -0.3 is 19.7 Å². The summed E-state index contributed by atoms with van der Waals surface area (Å²) in [5.41, 5.74) is 1.51. The number of likely N-dealkylation sites (N-methyl/N-ethyl adjacent to an activating group) is 1. The number of methoxy groups -OCH3 is 2. The number of hydrogen-bond acceptors (Lipinski definition) is 4. The van der Waals surface area contributed by atoms with E-state index in [0.717, 1.165) is 0 Å². The van der Waals surface area contributed by atoms with Crippen molar-refractivity contribution in [1.29, 1.82) is 0 Å². The van der Waals surface area contributed by atoms with Crippen LogP contribution in [-0.4, -0.2) is 44.5 Å². The Morgan fingerprint density at radius 3 is 2.39 bits per heavy atom. The second-order valence-corrected chi connectivity index (χ2v) is 6.02. The molecule has 0 spiro atoms. The van der Waals surface area contributed by atoms with Gasteiger partial charge in [0.05, 0.1) is 20.8 Å². The van der Waals surface area contributed by atoms with Crippen molar-refractivity contribution in [2.45, 2.75) is 6.92 Å². The molecule has 7 heteroatoms. The first-order chi connectivity index (χ1) is 13.4. The molecule has 0 unspecified atom stereocenters. The molecule has 148 valence electrons. The van der Waals surface area contributed by atoms with Gasteiger partial charge in [0.25, 0.3) is 5.91 Å². The van der Waals surface area contributed by atoms with Crippen molar-refractivity contribution in [2.75, 3.05) is 33.1 Å². The van der Waals surface area contributed by atoms with Crippen LogP contribution in [0.15, 0.2) is 42.5 Å². The van der Waals surface area contributed by atoms with Gasteiger partial charge in [0, 0.05) is 23.9 Å². The van der Waals surface area contributed by atoms with E-state index in [1.165, 1.54) is 50.4 Å². The maximum absolute atomic E-state index is 12.9. The zero-order valence-corrected chi connectivity index (χ0v) is 16.3. The number of allylic oxidation sites excluding steroid dienone is 1. The molecule has 0 radical (unpaired) electrons. The summed E-state index contributed by atoms with van der Waals surface area (Å²) in [5.74, 6) is -0.187. The van der Waals surface area contributed by atoms with Gasteiger partial charge in [-0.1, -0.05) is 12.2 Å². The van der Waals surface area contributed by atoms with Crippen molar-refractivity contribution in [3.8, 4) is 11.5 Å².